The molecular formula is C30H36N3O12P3. The van der Waals surface area contributed by atoms with Gasteiger partial charge >= 0.3 is 22.8 Å². The standard InChI is InChI=1S/C30H36N3O12P3/c34-25(22-10-4-1-5-11-22)28(46(37,38)39)31-16-18-32(29(47(40,41)42)26(35)23-12-6-2-7-13-23)20-21-33(19-17-31)30(48(43,44)45)27(36)24-14-8-3-9-15-24/h1-15,28-30H,16-21H2,(H2,37,38,39)(H2,40,41,42)(H2,43,44,45). The van der Waals surface area contributed by atoms with Crippen LogP contribution in [0.1, 0.15) is 31.1 Å². The Morgan fingerprint density at radius 2 is 0.604 bits per heavy atom. The normalized spacial score (nSPS) is 18.1. The third-order valence-electron chi connectivity index (χ3n) is 7.90. The van der Waals surface area contributed by atoms with Crippen LogP contribution in [0.5, 0.6) is 0 Å². The van der Waals surface area contributed by atoms with Gasteiger partial charge in [-0.15, -0.1) is 0 Å². The van der Waals surface area contributed by atoms with Crippen molar-refractivity contribution < 1.29 is 57.4 Å². The van der Waals surface area contributed by atoms with Crippen molar-refractivity contribution in [3.05, 3.63) is 108 Å². The minimum Gasteiger partial charge on any atom is -0.323 e. The van der Waals surface area contributed by atoms with Crippen molar-refractivity contribution in [2.45, 2.75) is 17.3 Å². The van der Waals surface area contributed by atoms with E-state index < -0.39 is 96.8 Å². The predicted molar refractivity (Wildman–Crippen MR) is 175 cm³/mol. The van der Waals surface area contributed by atoms with Crippen LogP contribution in [-0.2, 0) is 13.7 Å². The molecule has 0 spiro atoms. The van der Waals surface area contributed by atoms with Crippen LogP contribution in [0, 0.1) is 0 Å². The van der Waals surface area contributed by atoms with Gasteiger partial charge in [0.15, 0.2) is 34.7 Å². The van der Waals surface area contributed by atoms with Gasteiger partial charge in [-0.3, -0.25) is 42.8 Å². The first kappa shape index (κ1) is 37.8. The summed E-state index contributed by atoms with van der Waals surface area (Å²) in [4.78, 5) is 107. The lowest BCUT2D eigenvalue weighted by atomic mass is 10.1. The van der Waals surface area contributed by atoms with E-state index >= 15 is 0 Å². The van der Waals surface area contributed by atoms with Gasteiger partial charge in [0, 0.05) is 56.0 Å². The SMILES string of the molecule is O=C(c1ccccc1)C(N1CCN(C(C(=O)c2ccccc2)P(=O)(O)O)CCN(C(C(=O)c2ccccc2)P(=O)(O)O)CC1)P(=O)(O)O. The number of Topliss-reactive ketones (excluding diaryl/α,β-unsaturated/α-hetero) is 3. The molecule has 3 unspecified atom stereocenters. The molecule has 258 valence electrons. The summed E-state index contributed by atoms with van der Waals surface area (Å²) in [6, 6.07) is 21.8. The second-order valence-electron chi connectivity index (χ2n) is 11.2. The van der Waals surface area contributed by atoms with E-state index in [0.29, 0.717) is 0 Å². The highest BCUT2D eigenvalue weighted by Crippen LogP contribution is 2.48. The Bertz CT molecular complexity index is 1520. The largest absolute Gasteiger partial charge is 0.350 e. The number of ketones is 3. The van der Waals surface area contributed by atoms with Crippen LogP contribution < -0.4 is 0 Å². The van der Waals surface area contributed by atoms with E-state index in [4.69, 9.17) is 0 Å². The number of hydrogen-bond donors (Lipinski definition) is 6. The molecule has 3 aromatic rings. The van der Waals surface area contributed by atoms with E-state index in [2.05, 4.69) is 0 Å². The molecule has 0 bridgehead atoms. The molecule has 0 radical (unpaired) electrons. The first-order chi connectivity index (χ1) is 22.5. The zero-order valence-electron chi connectivity index (χ0n) is 25.5. The first-order valence-electron chi connectivity index (χ1n) is 14.7. The fourth-order valence-corrected chi connectivity index (χ4v) is 9.02. The summed E-state index contributed by atoms with van der Waals surface area (Å²) in [5, 5.41) is 0. The third kappa shape index (κ3) is 9.36. The quantitative estimate of drug-likeness (QED) is 0.116. The van der Waals surface area contributed by atoms with Crippen molar-refractivity contribution in [2.24, 2.45) is 0 Å². The Labute approximate surface area is 276 Å². The lowest BCUT2D eigenvalue weighted by Gasteiger charge is -2.34. The maximum Gasteiger partial charge on any atom is 0.350 e. The van der Waals surface area contributed by atoms with Crippen molar-refractivity contribution in [3.63, 3.8) is 0 Å². The van der Waals surface area contributed by atoms with Gasteiger partial charge < -0.3 is 29.4 Å². The average Bonchev–Trinajstić information content (AvgIpc) is 3.12. The summed E-state index contributed by atoms with van der Waals surface area (Å²) in [6.07, 6.45) is 0. The first-order valence-corrected chi connectivity index (χ1v) is 19.7. The highest BCUT2D eigenvalue weighted by atomic mass is 31.2. The lowest BCUT2D eigenvalue weighted by molar-refractivity contribution is 0.0807. The van der Waals surface area contributed by atoms with Gasteiger partial charge in [-0.25, -0.2) is 0 Å². The molecule has 1 fully saturated rings. The molecular weight excluding hydrogens is 687 g/mol. The van der Waals surface area contributed by atoms with Crippen LogP contribution in [0.15, 0.2) is 91.0 Å². The maximum absolute atomic E-state index is 13.6. The summed E-state index contributed by atoms with van der Waals surface area (Å²) < 4.78 is 38.7. The number of carbonyl (C=O) groups is 3. The van der Waals surface area contributed by atoms with Crippen molar-refractivity contribution in [1.29, 1.82) is 0 Å². The zero-order chi connectivity index (χ0) is 35.3. The summed E-state index contributed by atoms with van der Waals surface area (Å²) in [5.41, 5.74) is -0.127. The minimum absolute atomic E-state index is 0.0425. The summed E-state index contributed by atoms with van der Waals surface area (Å²) in [7, 11) is -15.9. The van der Waals surface area contributed by atoms with Gasteiger partial charge in [-0.1, -0.05) is 91.0 Å². The highest BCUT2D eigenvalue weighted by Gasteiger charge is 2.47. The minimum atomic E-state index is -5.30. The molecule has 1 heterocycles. The molecule has 18 heteroatoms. The smallest absolute Gasteiger partial charge is 0.323 e. The average molecular weight is 724 g/mol. The molecule has 1 aliphatic heterocycles. The molecule has 0 aromatic heterocycles. The van der Waals surface area contributed by atoms with Gasteiger partial charge in [0.1, 0.15) is 0 Å². The Kier molecular flexibility index (Phi) is 12.4. The molecule has 4 rings (SSSR count). The molecule has 48 heavy (non-hydrogen) atoms. The van der Waals surface area contributed by atoms with Gasteiger partial charge in [0.05, 0.1) is 0 Å². The number of rotatable bonds is 12. The molecule has 0 amide bonds. The Balaban J connectivity index is 1.83. The Morgan fingerprint density at radius 1 is 0.417 bits per heavy atom. The maximum atomic E-state index is 13.6. The Hall–Kier alpha value is -3.00. The third-order valence-corrected chi connectivity index (χ3v) is 11.5. The second kappa shape index (κ2) is 15.7. The molecule has 0 saturated carbocycles. The number of hydrogen-bond acceptors (Lipinski definition) is 9. The molecule has 0 aliphatic carbocycles. The highest BCUT2D eigenvalue weighted by molar-refractivity contribution is 7.54. The summed E-state index contributed by atoms with van der Waals surface area (Å²) in [5.74, 6) is -9.25. The molecule has 1 aliphatic rings. The van der Waals surface area contributed by atoms with Crippen molar-refractivity contribution in [2.75, 3.05) is 39.3 Å². The molecule has 3 aromatic carbocycles. The fourth-order valence-electron chi connectivity index (χ4n) is 5.69. The van der Waals surface area contributed by atoms with Crippen LogP contribution >= 0.6 is 22.8 Å². The monoisotopic (exact) mass is 723 g/mol. The van der Waals surface area contributed by atoms with Gasteiger partial charge in [-0.2, -0.15) is 0 Å². The van der Waals surface area contributed by atoms with Gasteiger partial charge in [0.2, 0.25) is 0 Å². The summed E-state index contributed by atoms with van der Waals surface area (Å²) >= 11 is 0. The van der Waals surface area contributed by atoms with Gasteiger partial charge in [0.25, 0.3) is 0 Å². The van der Waals surface area contributed by atoms with Crippen LogP contribution in [0.25, 0.3) is 0 Å². The van der Waals surface area contributed by atoms with Crippen molar-refractivity contribution in [1.82, 2.24) is 14.7 Å². The molecule has 15 nitrogen and oxygen atoms in total. The molecule has 6 N–H and O–H groups in total. The number of nitrogens with zero attached hydrogens (tertiary/aromatic N) is 3. The van der Waals surface area contributed by atoms with E-state index in [1.807, 2.05) is 0 Å². The second-order valence-corrected chi connectivity index (χ2v) is 16.2. The topological polar surface area (TPSA) is 234 Å². The summed E-state index contributed by atoms with van der Waals surface area (Å²) in [6.45, 7) is -2.45. The fraction of sp³-hybridized carbons (Fsp3) is 0.300. The van der Waals surface area contributed by atoms with Crippen LogP contribution in [0.4, 0.5) is 0 Å². The van der Waals surface area contributed by atoms with Crippen LogP contribution in [-0.4, -0.2) is 118 Å². The number of carbonyl (C=O) groups excluding carboxylic acids is 3. The number of benzene rings is 3. The van der Waals surface area contributed by atoms with Crippen molar-refractivity contribution >= 4 is 40.1 Å². The molecule has 1 saturated heterocycles. The van der Waals surface area contributed by atoms with E-state index in [0.717, 1.165) is 14.7 Å². The van der Waals surface area contributed by atoms with E-state index in [1.165, 1.54) is 72.8 Å². The van der Waals surface area contributed by atoms with Gasteiger partial charge in [-0.05, 0) is 0 Å². The van der Waals surface area contributed by atoms with E-state index in [1.54, 1.807) is 18.2 Å². The zero-order valence-corrected chi connectivity index (χ0v) is 28.1. The predicted octanol–water partition coefficient (Wildman–Crippen LogP) is 2.07. The van der Waals surface area contributed by atoms with E-state index in [-0.39, 0.29) is 16.7 Å². The van der Waals surface area contributed by atoms with Crippen LogP contribution in [0.2, 0.25) is 0 Å². The van der Waals surface area contributed by atoms with Crippen LogP contribution in [0.3, 0.4) is 0 Å². The molecule has 3 atom stereocenters. The van der Waals surface area contributed by atoms with Crippen molar-refractivity contribution in [3.8, 4) is 0 Å². The lowest BCUT2D eigenvalue weighted by Crippen LogP contribution is -2.49. The van der Waals surface area contributed by atoms with E-state index in [9.17, 15) is 57.4 Å². The Morgan fingerprint density at radius 3 is 0.771 bits per heavy atom.